The highest BCUT2D eigenvalue weighted by Gasteiger charge is 2.32. The van der Waals surface area contributed by atoms with Gasteiger partial charge in [-0.25, -0.2) is 47.8 Å². The molecule has 0 fully saturated rings. The van der Waals surface area contributed by atoms with Gasteiger partial charge in [0.1, 0.15) is 35.2 Å². The predicted octanol–water partition coefficient (Wildman–Crippen LogP) is 31.4. The van der Waals surface area contributed by atoms with Gasteiger partial charge in [-0.1, -0.05) is 151 Å². The largest absolute Gasteiger partial charge is 0.437 e. The fourth-order valence-corrected chi connectivity index (χ4v) is 20.8. The second-order valence-electron chi connectivity index (χ2n) is 40.4. The summed E-state index contributed by atoms with van der Waals surface area (Å²) in [5, 5.41) is 10.7. The zero-order chi connectivity index (χ0) is 104. The fraction of sp³-hybridized carbons (Fsp3) is 0.360. The van der Waals surface area contributed by atoms with Crippen molar-refractivity contribution in [1.82, 2.24) is 24.9 Å². The van der Waals surface area contributed by atoms with Gasteiger partial charge in [-0.3, -0.25) is 0 Å². The molecule has 0 unspecified atom stereocenters. The first-order valence-corrected chi connectivity index (χ1v) is 50.5. The summed E-state index contributed by atoms with van der Waals surface area (Å²) in [5.74, 6) is -0.0125. The molecule has 0 aliphatic heterocycles. The zero-order valence-corrected chi connectivity index (χ0v) is 88.1. The van der Waals surface area contributed by atoms with E-state index in [0.717, 1.165) is 211 Å². The fourth-order valence-electron chi connectivity index (χ4n) is 20.8. The highest BCUT2D eigenvalue weighted by molar-refractivity contribution is 6.13. The van der Waals surface area contributed by atoms with Crippen molar-refractivity contribution in [3.05, 3.63) is 296 Å². The van der Waals surface area contributed by atoms with Crippen LogP contribution in [0.15, 0.2) is 217 Å². The highest BCUT2D eigenvalue weighted by atomic mass is 16.4. The first kappa shape index (κ1) is 92.9. The number of nitrogens with zero attached hydrogens (tertiary/aromatic N) is 10. The van der Waals surface area contributed by atoms with Crippen LogP contribution in [0, 0.1) is 88.4 Å². The summed E-state index contributed by atoms with van der Waals surface area (Å²) in [4.78, 5) is 23.1. The highest BCUT2D eigenvalue weighted by Crippen LogP contribution is 2.46. The van der Waals surface area contributed by atoms with Crippen LogP contribution < -0.4 is 22.8 Å². The molecular formula is C125H145N10O5+5. The Hall–Kier alpha value is -13.4. The maximum Gasteiger partial charge on any atom is 0.227 e. The third-order valence-corrected chi connectivity index (χ3v) is 28.8. The number of aromatic nitrogens is 10. The molecule has 20 aromatic rings. The van der Waals surface area contributed by atoms with Gasteiger partial charge in [0, 0.05) is 148 Å². The van der Waals surface area contributed by atoms with Crippen LogP contribution in [0.5, 0.6) is 0 Å². The lowest BCUT2D eigenvalue weighted by Gasteiger charge is -2.19. The molecule has 0 spiro atoms. The van der Waals surface area contributed by atoms with E-state index in [-0.39, 0.29) is 11.0 Å². The van der Waals surface area contributed by atoms with E-state index in [9.17, 15) is 0 Å². The molecule has 15 aromatic heterocycles. The molecular weight excluding hydrogens is 1720 g/mol. The van der Waals surface area contributed by atoms with Crippen LogP contribution in [0.25, 0.3) is 167 Å². The Morgan fingerprint density at radius 1 is 0.300 bits per heavy atom. The Morgan fingerprint density at radius 3 is 0.950 bits per heavy atom. The molecule has 5 aromatic carbocycles. The number of fused-ring (bicyclic) bond motifs is 15. The Morgan fingerprint density at radius 2 is 0.607 bits per heavy atom. The van der Waals surface area contributed by atoms with E-state index in [2.05, 4.69) is 323 Å². The SMILES string of the molecule is CCC(CC)c1cc(-c2c(C)ccc3c2oc2nc(C)ccc23)[n+](C)cc1C.CCC(CC)c1cc[n+](C)c(-c2c(C)ccc3c2oc2nc(C(C)C)ccc23)c1.Cc1ccc2c(n1)oc1c(-c3cc(C)c(CC(C)(C)C)c[n+]3C)c(C)ccc12.[2H]C(CC)(CC)c1cc[n+](C)c(-c2c(C)ccc3c2oc2nc(C)ccc23)c1.[2H]C([2H])([2H])c1c[n+](C)c(-c2c(C)ccc3c2oc2nc(C)ccc23)cc1C([2H])(CC)CC. The van der Waals surface area contributed by atoms with Crippen molar-refractivity contribution in [3.8, 4) is 56.3 Å². The number of rotatable bonds is 19. The topological polar surface area (TPSA) is 150 Å². The maximum absolute atomic E-state index is 9.04. The Labute approximate surface area is 834 Å². The van der Waals surface area contributed by atoms with Gasteiger partial charge in [0.25, 0.3) is 0 Å². The molecule has 0 aliphatic rings. The number of benzene rings is 5. The van der Waals surface area contributed by atoms with Gasteiger partial charge in [-0.05, 0) is 292 Å². The van der Waals surface area contributed by atoms with Crippen LogP contribution >= 0.6 is 0 Å². The van der Waals surface area contributed by atoms with E-state index in [4.69, 9.17) is 33.9 Å². The third-order valence-electron chi connectivity index (χ3n) is 28.8. The van der Waals surface area contributed by atoms with Crippen molar-refractivity contribution >= 4 is 110 Å². The number of aryl methyl sites for hydroxylation is 17. The Balaban J connectivity index is 0.000000130. The second-order valence-corrected chi connectivity index (χ2v) is 40.4. The number of hydrogen-bond donors (Lipinski definition) is 0. The Kier molecular flexibility index (Phi) is 27.3. The quantitative estimate of drug-likeness (QED) is 0.0716. The van der Waals surface area contributed by atoms with Gasteiger partial charge in [0.05, 0.1) is 27.8 Å². The third kappa shape index (κ3) is 19.6. The summed E-state index contributed by atoms with van der Waals surface area (Å²) in [6, 6.07) is 57.5. The van der Waals surface area contributed by atoms with E-state index >= 15 is 0 Å². The summed E-state index contributed by atoms with van der Waals surface area (Å²) < 4.78 is 84.3. The smallest absolute Gasteiger partial charge is 0.227 e. The van der Waals surface area contributed by atoms with Crippen LogP contribution in [0.4, 0.5) is 0 Å². The van der Waals surface area contributed by atoms with Crippen molar-refractivity contribution in [3.63, 3.8) is 0 Å². The van der Waals surface area contributed by atoms with Crippen molar-refractivity contribution in [2.75, 3.05) is 0 Å². The van der Waals surface area contributed by atoms with E-state index in [1.807, 2.05) is 110 Å². The van der Waals surface area contributed by atoms with Gasteiger partial charge in [0.15, 0.2) is 58.9 Å². The molecule has 0 atom stereocenters. The van der Waals surface area contributed by atoms with E-state index in [0.29, 0.717) is 53.3 Å². The van der Waals surface area contributed by atoms with E-state index in [1.54, 1.807) is 6.20 Å². The normalized spacial score (nSPS) is 12.7. The minimum atomic E-state index is -2.30. The number of pyridine rings is 10. The van der Waals surface area contributed by atoms with Gasteiger partial charge < -0.3 is 22.1 Å². The molecule has 0 saturated heterocycles. The zero-order valence-electron chi connectivity index (χ0n) is 93.1. The van der Waals surface area contributed by atoms with Gasteiger partial charge in [0.2, 0.25) is 57.0 Å². The van der Waals surface area contributed by atoms with Crippen LogP contribution in [-0.4, -0.2) is 24.9 Å². The summed E-state index contributed by atoms with van der Waals surface area (Å²) >= 11 is 0. The van der Waals surface area contributed by atoms with Gasteiger partial charge in [-0.15, -0.1) is 0 Å². The van der Waals surface area contributed by atoms with Crippen molar-refractivity contribution in [1.29, 1.82) is 0 Å². The molecule has 140 heavy (non-hydrogen) atoms. The van der Waals surface area contributed by atoms with Crippen molar-refractivity contribution in [2.24, 2.45) is 40.7 Å². The number of furan rings is 5. The average molecular weight is 1870 g/mol. The molecule has 0 aliphatic carbocycles. The molecule has 0 amide bonds. The summed E-state index contributed by atoms with van der Waals surface area (Å²) in [7, 11) is 10.3. The molecule has 0 bridgehead atoms. The van der Waals surface area contributed by atoms with Crippen LogP contribution in [0.1, 0.15) is 279 Å². The van der Waals surface area contributed by atoms with Crippen molar-refractivity contribution in [2.45, 2.75) is 260 Å². The second kappa shape index (κ2) is 41.2. The van der Waals surface area contributed by atoms with Crippen LogP contribution in [0.2, 0.25) is 0 Å². The Bertz CT molecular complexity index is 8350. The first-order valence-electron chi connectivity index (χ1n) is 53.0. The first-order chi connectivity index (χ1) is 68.9. The predicted molar refractivity (Wildman–Crippen MR) is 578 cm³/mol. The molecule has 15 heteroatoms. The average Bonchev–Trinajstić information content (AvgIpc) is 1.68. The summed E-state index contributed by atoms with van der Waals surface area (Å²) in [6.07, 6.45) is 18.7. The lowest BCUT2D eigenvalue weighted by molar-refractivity contribution is -0.661. The van der Waals surface area contributed by atoms with E-state index in [1.165, 1.54) is 72.7 Å². The molecule has 720 valence electrons. The molecule has 15 nitrogen and oxygen atoms in total. The minimum absolute atomic E-state index is 0.231. The van der Waals surface area contributed by atoms with Crippen LogP contribution in [0.3, 0.4) is 0 Å². The summed E-state index contributed by atoms with van der Waals surface area (Å²) in [6.45, 7) is 49.0. The van der Waals surface area contributed by atoms with Crippen molar-refractivity contribution < 1.29 is 51.8 Å². The lowest BCUT2D eigenvalue weighted by Crippen LogP contribution is -2.32. The van der Waals surface area contributed by atoms with E-state index < -0.39 is 18.6 Å². The number of hydrogen-bond acceptors (Lipinski definition) is 10. The van der Waals surface area contributed by atoms with Gasteiger partial charge >= 0.3 is 0 Å². The maximum atomic E-state index is 9.04. The standard InChI is InChI=1S/C26H31N2O.3C25H29N2O.C24H27N2O/c1-7-18(8-2)19-13-14-28(6)23(15-19)24-17(5)9-10-20-21-11-12-22(16(3)4)27-26(21)29-25(20)24;1-15-8-10-19-20-11-9-17(3)26-24(20)28-23(19)22(15)21-12-16(2)18(14-27(21)7)13-25(4,5)6;2*1-7-18(8-2)21-13-22(27(6)14-16(21)4)23-15(3)9-11-19-20-12-10-17(5)26-25(20)28-24(19)23;1-6-17(7-2)18-12-13-26(5)21(14-18)22-15(3)8-10-19-20-11-9-16(4)25-24(20)27-23(19)22/h9-16,18H,7-8H2,1-6H3;8-12,14H,13H2,1-7H3;2*9-14,18H,7-8H2,1-6H3;8-14,17H,6-7H2,1-5H3/q5*+1/i;;4D3,18D;;17D. The van der Waals surface area contributed by atoms with Gasteiger partial charge in [-0.2, -0.15) is 0 Å². The molecule has 0 N–H and O–H groups in total. The molecule has 15 heterocycles. The van der Waals surface area contributed by atoms with Crippen LogP contribution in [-0.2, 0) is 41.7 Å². The monoisotopic (exact) mass is 1870 g/mol. The summed E-state index contributed by atoms with van der Waals surface area (Å²) in [5.41, 5.74) is 38.4. The molecule has 20 rings (SSSR count). The lowest BCUT2D eigenvalue weighted by atomic mass is 9.86. The molecule has 0 radical (unpaired) electrons. The minimum Gasteiger partial charge on any atom is -0.437 e. The molecule has 0 saturated carbocycles.